The molecule has 3 unspecified atom stereocenters. The zero-order chi connectivity index (χ0) is 28.6. The Balaban J connectivity index is 1.49. The Labute approximate surface area is 247 Å². The van der Waals surface area contributed by atoms with Crippen LogP contribution in [0.25, 0.3) is 0 Å². The van der Waals surface area contributed by atoms with Gasteiger partial charge in [-0.3, -0.25) is 14.4 Å². The lowest BCUT2D eigenvalue weighted by Crippen LogP contribution is -2.56. The van der Waals surface area contributed by atoms with Crippen molar-refractivity contribution in [2.75, 3.05) is 19.0 Å². The number of hydrogen-bond acceptors (Lipinski definition) is 6. The Morgan fingerprint density at radius 1 is 1.18 bits per heavy atom. The first kappa shape index (κ1) is 29.0. The molecule has 0 saturated carbocycles. The highest BCUT2D eigenvalue weighted by molar-refractivity contribution is 9.09. The van der Waals surface area contributed by atoms with Crippen LogP contribution >= 0.6 is 27.7 Å². The summed E-state index contributed by atoms with van der Waals surface area (Å²) < 4.78 is 4.45. The van der Waals surface area contributed by atoms with Crippen LogP contribution in [0, 0.1) is 17.8 Å². The van der Waals surface area contributed by atoms with E-state index >= 15 is 0 Å². The number of carbonyl (C=O) groups is 3. The third kappa shape index (κ3) is 4.92. The lowest BCUT2D eigenvalue weighted by Gasteiger charge is -2.39. The molecule has 8 atom stereocenters. The summed E-state index contributed by atoms with van der Waals surface area (Å²) in [4.78, 5) is 43.8. The van der Waals surface area contributed by atoms with Gasteiger partial charge in [0.15, 0.2) is 0 Å². The summed E-state index contributed by atoms with van der Waals surface area (Å²) in [5.41, 5.74) is 1.57. The maximum atomic E-state index is 14.3. The topological polar surface area (TPSA) is 108 Å². The van der Waals surface area contributed by atoms with Crippen LogP contribution in [0.1, 0.15) is 32.3 Å². The molecule has 8 nitrogen and oxygen atoms in total. The summed E-state index contributed by atoms with van der Waals surface area (Å²) in [5, 5.41) is 16.4. The number of aliphatic hydroxyl groups excluding tert-OH is 1. The molecule has 214 valence electrons. The standard InChI is InChI=1S/C30H36BrN3O5S/c1-4-17(2)22(16-35)34-26(28(37)33-19-10-12-20(39-3)13-11-19)30-14-21(31)25(40-30)23(24(30)29(34)38)27(36)32-15-18-8-6-5-7-9-18/h5-13,17,21-26,35H,4,14-16H2,1-3H3,(H,32,36)(H,33,37)/t17-,21?,22-,23+,24-,25+,26?,30?/m0/s1. The molecule has 3 heterocycles. The summed E-state index contributed by atoms with van der Waals surface area (Å²) in [6.45, 7) is 4.10. The summed E-state index contributed by atoms with van der Waals surface area (Å²) in [5.74, 6) is -1.31. The zero-order valence-electron chi connectivity index (χ0n) is 22.9. The van der Waals surface area contributed by atoms with Crippen molar-refractivity contribution in [3.05, 3.63) is 60.2 Å². The number of nitrogens with one attached hydrogen (secondary N) is 2. The van der Waals surface area contributed by atoms with Gasteiger partial charge in [-0.05, 0) is 42.2 Å². The van der Waals surface area contributed by atoms with Crippen LogP contribution in [0.3, 0.4) is 0 Å². The molecule has 2 aromatic carbocycles. The molecule has 3 N–H and O–H groups in total. The molecule has 0 aliphatic carbocycles. The Kier molecular flexibility index (Phi) is 8.50. The summed E-state index contributed by atoms with van der Waals surface area (Å²) >= 11 is 5.39. The second-order valence-electron chi connectivity index (χ2n) is 11.0. The lowest BCUT2D eigenvalue weighted by molar-refractivity contribution is -0.143. The van der Waals surface area contributed by atoms with Crippen molar-refractivity contribution in [3.63, 3.8) is 0 Å². The van der Waals surface area contributed by atoms with Crippen LogP contribution in [-0.2, 0) is 20.9 Å². The predicted molar refractivity (Wildman–Crippen MR) is 159 cm³/mol. The molecular weight excluding hydrogens is 594 g/mol. The van der Waals surface area contributed by atoms with E-state index in [9.17, 15) is 19.5 Å². The summed E-state index contributed by atoms with van der Waals surface area (Å²) in [6, 6.07) is 15.4. The van der Waals surface area contributed by atoms with Gasteiger partial charge in [0.1, 0.15) is 11.8 Å². The molecule has 40 heavy (non-hydrogen) atoms. The molecule has 2 aromatic rings. The minimum Gasteiger partial charge on any atom is -0.497 e. The number of fused-ring (bicyclic) bond motifs is 1. The van der Waals surface area contributed by atoms with Gasteiger partial charge in [-0.1, -0.05) is 66.5 Å². The van der Waals surface area contributed by atoms with E-state index in [0.29, 0.717) is 24.4 Å². The predicted octanol–water partition coefficient (Wildman–Crippen LogP) is 3.82. The maximum Gasteiger partial charge on any atom is 0.248 e. The van der Waals surface area contributed by atoms with E-state index < -0.39 is 28.7 Å². The van der Waals surface area contributed by atoms with Crippen molar-refractivity contribution in [2.24, 2.45) is 17.8 Å². The number of benzene rings is 2. The minimum atomic E-state index is -0.833. The number of carbonyl (C=O) groups excluding carboxylic acids is 3. The highest BCUT2D eigenvalue weighted by atomic mass is 79.9. The summed E-state index contributed by atoms with van der Waals surface area (Å²) in [6.07, 6.45) is 1.31. The van der Waals surface area contributed by atoms with Gasteiger partial charge >= 0.3 is 0 Å². The van der Waals surface area contributed by atoms with Gasteiger partial charge in [0.25, 0.3) is 0 Å². The van der Waals surface area contributed by atoms with Crippen LogP contribution in [0.2, 0.25) is 0 Å². The Morgan fingerprint density at radius 2 is 1.88 bits per heavy atom. The first-order chi connectivity index (χ1) is 19.2. The van der Waals surface area contributed by atoms with E-state index in [1.54, 1.807) is 48.0 Å². The van der Waals surface area contributed by atoms with Crippen molar-refractivity contribution >= 4 is 51.1 Å². The number of likely N-dealkylation sites (tertiary alicyclic amines) is 1. The molecule has 3 aliphatic rings. The van der Waals surface area contributed by atoms with Crippen molar-refractivity contribution in [1.82, 2.24) is 10.2 Å². The van der Waals surface area contributed by atoms with Crippen molar-refractivity contribution in [2.45, 2.75) is 60.1 Å². The fraction of sp³-hybridized carbons (Fsp3) is 0.500. The van der Waals surface area contributed by atoms with Gasteiger partial charge in [-0.25, -0.2) is 0 Å². The number of amides is 3. The highest BCUT2D eigenvalue weighted by Crippen LogP contribution is 2.68. The second-order valence-corrected chi connectivity index (χ2v) is 13.7. The smallest absolute Gasteiger partial charge is 0.248 e. The van der Waals surface area contributed by atoms with Crippen LogP contribution in [0.15, 0.2) is 54.6 Å². The zero-order valence-corrected chi connectivity index (χ0v) is 25.3. The molecule has 3 amide bonds. The number of anilines is 1. The third-order valence-corrected chi connectivity index (χ3v) is 12.0. The number of nitrogens with zero attached hydrogens (tertiary/aromatic N) is 1. The van der Waals surface area contributed by atoms with Gasteiger partial charge in [0.05, 0.1) is 36.3 Å². The first-order valence-corrected chi connectivity index (χ1v) is 15.6. The van der Waals surface area contributed by atoms with Crippen LogP contribution in [0.5, 0.6) is 5.75 Å². The normalized spacial score (nSPS) is 30.1. The van der Waals surface area contributed by atoms with Crippen molar-refractivity contribution in [1.29, 1.82) is 0 Å². The van der Waals surface area contributed by atoms with Crippen LogP contribution in [-0.4, -0.2) is 68.4 Å². The molecule has 3 fully saturated rings. The average Bonchev–Trinajstić information content (AvgIpc) is 3.56. The van der Waals surface area contributed by atoms with E-state index in [4.69, 9.17) is 4.74 Å². The fourth-order valence-electron chi connectivity index (χ4n) is 6.63. The molecule has 3 aliphatic heterocycles. The highest BCUT2D eigenvalue weighted by Gasteiger charge is 2.76. The molecule has 5 rings (SSSR count). The quantitative estimate of drug-likeness (QED) is 0.345. The van der Waals surface area contributed by atoms with Gasteiger partial charge in [0.2, 0.25) is 17.7 Å². The van der Waals surface area contributed by atoms with Gasteiger partial charge < -0.3 is 25.4 Å². The van der Waals surface area contributed by atoms with Crippen molar-refractivity contribution < 1.29 is 24.2 Å². The number of thioether (sulfide) groups is 1. The van der Waals surface area contributed by atoms with E-state index in [-0.39, 0.29) is 40.3 Å². The molecule has 1 spiro atoms. The number of alkyl halides is 1. The SMILES string of the molecule is CC[C@H](C)[C@H](CO)N1C(=O)[C@@H]2[C@@H](C(=O)NCc3ccccc3)[C@@H]3SC2(CC3Br)C1C(=O)Nc1ccc(OC)cc1. The molecule has 0 radical (unpaired) electrons. The second kappa shape index (κ2) is 11.7. The molecule has 2 bridgehead atoms. The number of hydrogen-bond donors (Lipinski definition) is 3. The van der Waals surface area contributed by atoms with E-state index in [1.165, 1.54) is 0 Å². The monoisotopic (exact) mass is 629 g/mol. The molecule has 0 aromatic heterocycles. The van der Waals surface area contributed by atoms with Crippen LogP contribution in [0.4, 0.5) is 5.69 Å². The van der Waals surface area contributed by atoms with Gasteiger partial charge in [-0.15, -0.1) is 11.8 Å². The fourth-order valence-corrected chi connectivity index (χ4v) is 10.2. The molecule has 3 saturated heterocycles. The minimum absolute atomic E-state index is 0.0264. The number of halogens is 1. The third-order valence-electron chi connectivity index (χ3n) is 8.79. The average molecular weight is 631 g/mol. The number of methoxy groups -OCH3 is 1. The van der Waals surface area contributed by atoms with Gasteiger partial charge in [-0.2, -0.15) is 0 Å². The number of ether oxygens (including phenoxy) is 1. The lowest BCUT2D eigenvalue weighted by atomic mass is 9.70. The summed E-state index contributed by atoms with van der Waals surface area (Å²) in [7, 11) is 1.58. The maximum absolute atomic E-state index is 14.3. The Morgan fingerprint density at radius 3 is 2.50 bits per heavy atom. The van der Waals surface area contributed by atoms with E-state index in [2.05, 4.69) is 26.6 Å². The Hall–Kier alpha value is -2.56. The number of rotatable bonds is 10. The largest absolute Gasteiger partial charge is 0.497 e. The van der Waals surface area contributed by atoms with Crippen LogP contribution < -0.4 is 15.4 Å². The Bertz CT molecular complexity index is 1250. The van der Waals surface area contributed by atoms with Gasteiger partial charge in [0, 0.05) is 22.3 Å². The van der Waals surface area contributed by atoms with E-state index in [1.807, 2.05) is 44.2 Å². The number of aliphatic hydroxyl groups is 1. The van der Waals surface area contributed by atoms with Crippen molar-refractivity contribution in [3.8, 4) is 5.75 Å². The molecule has 10 heteroatoms. The molecular formula is C30H36BrN3O5S. The van der Waals surface area contributed by atoms with E-state index in [0.717, 1.165) is 12.0 Å². The first-order valence-electron chi connectivity index (χ1n) is 13.8.